The van der Waals surface area contributed by atoms with Crippen molar-refractivity contribution in [3.05, 3.63) is 76.8 Å². The lowest BCUT2D eigenvalue weighted by Crippen LogP contribution is -2.04. The number of methoxy groups -OCH3 is 1. The van der Waals surface area contributed by atoms with Crippen molar-refractivity contribution in [1.82, 2.24) is 0 Å². The average Bonchev–Trinajstić information content (AvgIpc) is 2.53. The maximum Gasteiger partial charge on any atom is 0.167 e. The fourth-order valence-corrected chi connectivity index (χ4v) is 2.83. The van der Waals surface area contributed by atoms with Gasteiger partial charge in [-0.1, -0.05) is 48.0 Å². The van der Waals surface area contributed by atoms with Gasteiger partial charge in [0.05, 0.1) is 7.11 Å². The monoisotopic (exact) mass is 310 g/mol. The van der Waals surface area contributed by atoms with Crippen LogP contribution in [-0.4, -0.2) is 12.9 Å². The Morgan fingerprint density at radius 1 is 1.00 bits per heavy atom. The number of ketones is 1. The molecule has 0 fully saturated rings. The number of Topliss-reactive ketones (excluding diaryl/α,β-unsaturated/α-hetero) is 1. The quantitative estimate of drug-likeness (QED) is 0.639. The van der Waals surface area contributed by atoms with Crippen molar-refractivity contribution >= 4 is 28.2 Å². The number of hydrogen-bond acceptors (Lipinski definition) is 2. The Morgan fingerprint density at radius 3 is 2.50 bits per heavy atom. The Labute approximate surface area is 134 Å². The molecule has 3 aromatic rings. The molecule has 0 spiro atoms. The maximum absolute atomic E-state index is 12.7. The lowest BCUT2D eigenvalue weighted by atomic mass is 9.97. The first kappa shape index (κ1) is 14.6. The van der Waals surface area contributed by atoms with Crippen molar-refractivity contribution in [3.63, 3.8) is 0 Å². The standard InChI is InChI=1S/C19H15ClO2/c1-22-19-10-9-16(15-7-2-3-8-17(15)19)18(21)12-13-5-4-6-14(20)11-13/h2-11H,12H2,1H3. The predicted molar refractivity (Wildman–Crippen MR) is 90.0 cm³/mol. The van der Waals surface area contributed by atoms with Crippen LogP contribution in [0.1, 0.15) is 15.9 Å². The van der Waals surface area contributed by atoms with Crippen LogP contribution in [-0.2, 0) is 6.42 Å². The summed E-state index contributed by atoms with van der Waals surface area (Å²) in [5, 5.41) is 2.50. The summed E-state index contributed by atoms with van der Waals surface area (Å²) in [6.45, 7) is 0. The molecule has 3 heteroatoms. The molecular formula is C19H15ClO2. The number of fused-ring (bicyclic) bond motifs is 1. The van der Waals surface area contributed by atoms with Gasteiger partial charge >= 0.3 is 0 Å². The van der Waals surface area contributed by atoms with Crippen LogP contribution >= 0.6 is 11.6 Å². The molecule has 0 atom stereocenters. The summed E-state index contributed by atoms with van der Waals surface area (Å²) in [7, 11) is 1.63. The highest BCUT2D eigenvalue weighted by molar-refractivity contribution is 6.30. The molecule has 0 aliphatic rings. The van der Waals surface area contributed by atoms with Crippen LogP contribution in [0.15, 0.2) is 60.7 Å². The maximum atomic E-state index is 12.7. The van der Waals surface area contributed by atoms with Gasteiger partial charge in [0.15, 0.2) is 5.78 Å². The number of rotatable bonds is 4. The molecule has 0 radical (unpaired) electrons. The molecule has 0 heterocycles. The van der Waals surface area contributed by atoms with Crippen LogP contribution in [0.2, 0.25) is 5.02 Å². The van der Waals surface area contributed by atoms with Crippen LogP contribution in [0.25, 0.3) is 10.8 Å². The van der Waals surface area contributed by atoms with Crippen LogP contribution < -0.4 is 4.74 Å². The van der Waals surface area contributed by atoms with Gasteiger partial charge in [-0.2, -0.15) is 0 Å². The fourth-order valence-electron chi connectivity index (χ4n) is 2.62. The highest BCUT2D eigenvalue weighted by Gasteiger charge is 2.13. The predicted octanol–water partition coefficient (Wildman–Crippen LogP) is 4.93. The van der Waals surface area contributed by atoms with E-state index in [-0.39, 0.29) is 5.78 Å². The van der Waals surface area contributed by atoms with E-state index in [1.165, 1.54) is 0 Å². The molecule has 0 unspecified atom stereocenters. The van der Waals surface area contributed by atoms with Crippen molar-refractivity contribution < 1.29 is 9.53 Å². The highest BCUT2D eigenvalue weighted by atomic mass is 35.5. The third-order valence-electron chi connectivity index (χ3n) is 3.66. The molecule has 3 rings (SSSR count). The first-order valence-electron chi connectivity index (χ1n) is 7.02. The topological polar surface area (TPSA) is 26.3 Å². The minimum atomic E-state index is 0.0705. The number of carbonyl (C=O) groups excluding carboxylic acids is 1. The molecule has 0 aliphatic heterocycles. The van der Waals surface area contributed by atoms with E-state index in [0.29, 0.717) is 17.0 Å². The van der Waals surface area contributed by atoms with Crippen LogP contribution in [0, 0.1) is 0 Å². The Kier molecular flexibility index (Phi) is 4.12. The Bertz CT molecular complexity index is 840. The number of halogens is 1. The summed E-state index contributed by atoms with van der Waals surface area (Å²) in [5.74, 6) is 0.844. The van der Waals surface area contributed by atoms with Gasteiger partial charge in [-0.05, 0) is 35.2 Å². The van der Waals surface area contributed by atoms with Gasteiger partial charge in [-0.25, -0.2) is 0 Å². The van der Waals surface area contributed by atoms with Crippen molar-refractivity contribution in [2.24, 2.45) is 0 Å². The van der Waals surface area contributed by atoms with E-state index in [1.54, 1.807) is 13.2 Å². The smallest absolute Gasteiger partial charge is 0.167 e. The zero-order chi connectivity index (χ0) is 15.5. The lowest BCUT2D eigenvalue weighted by molar-refractivity contribution is 0.0994. The molecule has 22 heavy (non-hydrogen) atoms. The van der Waals surface area contributed by atoms with E-state index in [1.807, 2.05) is 54.6 Å². The molecule has 0 saturated heterocycles. The molecule has 3 aromatic carbocycles. The van der Waals surface area contributed by atoms with E-state index < -0.39 is 0 Å². The van der Waals surface area contributed by atoms with Crippen LogP contribution in [0.4, 0.5) is 0 Å². The first-order valence-corrected chi connectivity index (χ1v) is 7.40. The van der Waals surface area contributed by atoms with Crippen molar-refractivity contribution in [2.75, 3.05) is 7.11 Å². The minimum absolute atomic E-state index is 0.0705. The van der Waals surface area contributed by atoms with E-state index >= 15 is 0 Å². The first-order chi connectivity index (χ1) is 10.7. The number of hydrogen-bond donors (Lipinski definition) is 0. The second-order valence-electron chi connectivity index (χ2n) is 5.09. The van der Waals surface area contributed by atoms with Crippen molar-refractivity contribution in [3.8, 4) is 5.75 Å². The number of carbonyl (C=O) groups is 1. The van der Waals surface area contributed by atoms with Gasteiger partial charge < -0.3 is 4.74 Å². The van der Waals surface area contributed by atoms with Gasteiger partial charge in [0.2, 0.25) is 0 Å². The van der Waals surface area contributed by atoms with Crippen LogP contribution in [0.3, 0.4) is 0 Å². The molecule has 2 nitrogen and oxygen atoms in total. The second kappa shape index (κ2) is 6.20. The summed E-state index contributed by atoms with van der Waals surface area (Å²) in [5.41, 5.74) is 1.62. The summed E-state index contributed by atoms with van der Waals surface area (Å²) < 4.78 is 5.37. The van der Waals surface area contributed by atoms with E-state index in [2.05, 4.69) is 0 Å². The summed E-state index contributed by atoms with van der Waals surface area (Å²) in [4.78, 5) is 12.7. The molecule has 0 bridgehead atoms. The fraction of sp³-hybridized carbons (Fsp3) is 0.105. The number of benzene rings is 3. The summed E-state index contributed by atoms with van der Waals surface area (Å²) in [6, 6.07) is 18.8. The van der Waals surface area contributed by atoms with Gasteiger partial charge in [0, 0.05) is 22.4 Å². The largest absolute Gasteiger partial charge is 0.496 e. The third kappa shape index (κ3) is 2.83. The van der Waals surface area contributed by atoms with E-state index in [9.17, 15) is 4.79 Å². The summed E-state index contributed by atoms with van der Waals surface area (Å²) >= 11 is 5.98. The molecule has 110 valence electrons. The summed E-state index contributed by atoms with van der Waals surface area (Å²) in [6.07, 6.45) is 0.330. The van der Waals surface area contributed by atoms with Crippen molar-refractivity contribution in [2.45, 2.75) is 6.42 Å². The average molecular weight is 311 g/mol. The van der Waals surface area contributed by atoms with E-state index in [4.69, 9.17) is 16.3 Å². The highest BCUT2D eigenvalue weighted by Crippen LogP contribution is 2.29. The zero-order valence-corrected chi connectivity index (χ0v) is 12.9. The van der Waals surface area contributed by atoms with Gasteiger partial charge in [-0.15, -0.1) is 0 Å². The van der Waals surface area contributed by atoms with Gasteiger partial charge in [-0.3, -0.25) is 4.79 Å². The van der Waals surface area contributed by atoms with Gasteiger partial charge in [0.25, 0.3) is 0 Å². The van der Waals surface area contributed by atoms with Crippen molar-refractivity contribution in [1.29, 1.82) is 0 Å². The molecular weight excluding hydrogens is 296 g/mol. The molecule has 0 amide bonds. The Hall–Kier alpha value is -2.32. The van der Waals surface area contributed by atoms with Gasteiger partial charge in [0.1, 0.15) is 5.75 Å². The minimum Gasteiger partial charge on any atom is -0.496 e. The SMILES string of the molecule is COc1ccc(C(=O)Cc2cccc(Cl)c2)c2ccccc12. The molecule has 0 aromatic heterocycles. The normalized spacial score (nSPS) is 10.6. The lowest BCUT2D eigenvalue weighted by Gasteiger charge is -2.10. The Morgan fingerprint density at radius 2 is 1.77 bits per heavy atom. The number of ether oxygens (including phenoxy) is 1. The third-order valence-corrected chi connectivity index (χ3v) is 3.89. The Balaban J connectivity index is 2.01. The van der Waals surface area contributed by atoms with E-state index in [0.717, 1.165) is 22.1 Å². The molecule has 0 saturated carbocycles. The zero-order valence-electron chi connectivity index (χ0n) is 12.2. The molecule has 0 aliphatic carbocycles. The second-order valence-corrected chi connectivity index (χ2v) is 5.53. The van der Waals surface area contributed by atoms with Crippen LogP contribution in [0.5, 0.6) is 5.75 Å². The molecule has 0 N–H and O–H groups in total.